The molecule has 10 rings (SSSR count). The topological polar surface area (TPSA) is 205 Å². The van der Waals surface area contributed by atoms with E-state index >= 15 is 0 Å². The Balaban J connectivity index is 0.000000159. The second kappa shape index (κ2) is 20.5. The van der Waals surface area contributed by atoms with Gasteiger partial charge >= 0.3 is 12.6 Å². The number of para-hydroxylation sites is 2. The van der Waals surface area contributed by atoms with E-state index < -0.39 is 12.6 Å². The number of hydrogen-bond acceptors (Lipinski definition) is 19. The van der Waals surface area contributed by atoms with Crippen LogP contribution in [0.4, 0.5) is 56.8 Å². The number of nitrogen functional groups attached to an aromatic ring is 1. The van der Waals surface area contributed by atoms with Gasteiger partial charge in [-0.1, -0.05) is 59.5 Å². The van der Waals surface area contributed by atoms with Gasteiger partial charge in [0.05, 0.1) is 38.6 Å². The van der Waals surface area contributed by atoms with Crippen LogP contribution in [0.1, 0.15) is 22.3 Å². The summed E-state index contributed by atoms with van der Waals surface area (Å²) in [5, 5.41) is 28.9. The molecule has 0 atom stereocenters. The normalized spacial score (nSPS) is 13.5. The standard InChI is InChI=1S/C23H18F2N6O2S.C15H8F2N4O2S2.C9H14N2/c1-31(2)12-13-6-8-15(9-7-13)28-22-30-21-20(34-22)18(14(10-26)11-27-21)29-16-4-3-5-17-19(16)33-23(24,25)32-17;1-24-14-21-13-12(25-14)10(7(5-18)6-19-13)20-8-3-2-4-9-11(8)23-15(16,17)22-9;1-11(2)7-8-3-5-9(10)6-4-8/h3-9,11H,12H2,1-2H3,(H2,27,28,29,30);2-4,6H,1H3,(H,19,20);3-6H,7,10H2,1-2H3. The molecule has 4 aromatic carbocycles. The van der Waals surface area contributed by atoms with E-state index in [1.165, 1.54) is 70.1 Å². The molecule has 0 saturated heterocycles. The van der Waals surface area contributed by atoms with Crippen molar-refractivity contribution in [2.75, 3.05) is 56.1 Å². The van der Waals surface area contributed by atoms with Gasteiger partial charge in [0.15, 0.2) is 43.8 Å². The maximum Gasteiger partial charge on any atom is 0.586 e. The smallest absolute Gasteiger partial charge is 0.399 e. The molecule has 5 N–H and O–H groups in total. The number of rotatable bonds is 11. The molecular formula is C47H40F4N12O4S3. The minimum absolute atomic E-state index is 0.0760. The van der Waals surface area contributed by atoms with Crippen LogP contribution in [-0.4, -0.2) is 76.8 Å². The van der Waals surface area contributed by atoms with Crippen LogP contribution in [0, 0.1) is 22.7 Å². The number of nitriles is 2. The molecule has 0 bridgehead atoms. The summed E-state index contributed by atoms with van der Waals surface area (Å²) in [4.78, 5) is 21.5. The highest BCUT2D eigenvalue weighted by atomic mass is 32.2. The van der Waals surface area contributed by atoms with Crippen LogP contribution >= 0.6 is 34.4 Å². The van der Waals surface area contributed by atoms with Crippen LogP contribution in [0.25, 0.3) is 20.7 Å². The van der Waals surface area contributed by atoms with E-state index in [9.17, 15) is 28.1 Å². The number of hydrogen-bond donors (Lipinski definition) is 4. The zero-order valence-corrected chi connectivity index (χ0v) is 40.1. The zero-order valence-electron chi connectivity index (χ0n) is 37.7. The summed E-state index contributed by atoms with van der Waals surface area (Å²) in [7, 11) is 8.12. The highest BCUT2D eigenvalue weighted by Crippen LogP contribution is 2.49. The molecule has 0 radical (unpaired) electrons. The van der Waals surface area contributed by atoms with Crippen molar-refractivity contribution in [1.29, 1.82) is 10.5 Å². The molecule has 0 spiro atoms. The maximum absolute atomic E-state index is 13.6. The SMILES string of the molecule is CN(C)Cc1ccc(N)cc1.CN(C)Cc1ccc(Nc2nc3ncc(C#N)c(Nc4cccc5c4OC(F)(F)O5)c3s2)cc1.CSc1nc2ncc(C#N)c(Nc3cccc4c3OC(F)(F)O4)c2s1. The number of thioether (sulfide) groups is 1. The number of anilines is 7. The molecule has 0 fully saturated rings. The van der Waals surface area contributed by atoms with Gasteiger partial charge in [-0.05, 0) is 94.1 Å². The summed E-state index contributed by atoms with van der Waals surface area (Å²) in [5.41, 5.74) is 12.4. The van der Waals surface area contributed by atoms with Gasteiger partial charge in [-0.2, -0.15) is 15.5 Å². The van der Waals surface area contributed by atoms with Gasteiger partial charge < -0.3 is 50.4 Å². The summed E-state index contributed by atoms with van der Waals surface area (Å²) >= 11 is 4.11. The van der Waals surface area contributed by atoms with Crippen LogP contribution in [0.3, 0.4) is 0 Å². The fraction of sp³-hybridized carbons (Fsp3) is 0.191. The van der Waals surface area contributed by atoms with Crippen molar-refractivity contribution in [1.82, 2.24) is 29.7 Å². The number of pyridine rings is 2. The van der Waals surface area contributed by atoms with Gasteiger partial charge in [0.1, 0.15) is 16.8 Å². The minimum atomic E-state index is -3.75. The van der Waals surface area contributed by atoms with Crippen molar-refractivity contribution < 1.29 is 36.5 Å². The third-order valence-corrected chi connectivity index (χ3v) is 12.8. The Morgan fingerprint density at radius 2 is 1.11 bits per heavy atom. The molecule has 0 aliphatic carbocycles. The quantitative estimate of drug-likeness (QED) is 0.0540. The lowest BCUT2D eigenvalue weighted by Gasteiger charge is -2.11. The first kappa shape index (κ1) is 48.8. The van der Waals surface area contributed by atoms with Crippen LogP contribution in [0.5, 0.6) is 23.0 Å². The van der Waals surface area contributed by atoms with E-state index in [0.717, 1.165) is 28.8 Å². The number of alkyl halides is 4. The second-order valence-electron chi connectivity index (χ2n) is 15.7. The first-order valence-corrected chi connectivity index (χ1v) is 23.6. The van der Waals surface area contributed by atoms with Gasteiger partial charge in [0.2, 0.25) is 0 Å². The summed E-state index contributed by atoms with van der Waals surface area (Å²) < 4.78 is 74.2. The number of nitrogens with one attached hydrogen (secondary N) is 3. The molecule has 23 heteroatoms. The Kier molecular flexibility index (Phi) is 14.3. The van der Waals surface area contributed by atoms with Crippen LogP contribution in [0.15, 0.2) is 102 Å². The molecule has 2 aliphatic heterocycles. The molecule has 0 amide bonds. The molecule has 2 aliphatic rings. The molecule has 0 saturated carbocycles. The summed E-state index contributed by atoms with van der Waals surface area (Å²) in [5.74, 6) is -0.422. The van der Waals surface area contributed by atoms with E-state index in [-0.39, 0.29) is 45.5 Å². The molecule has 0 unspecified atom stereocenters. The van der Waals surface area contributed by atoms with Crippen molar-refractivity contribution in [2.24, 2.45) is 0 Å². The molecule has 8 aromatic rings. The molecule has 70 heavy (non-hydrogen) atoms. The summed E-state index contributed by atoms with van der Waals surface area (Å²) in [6, 6.07) is 29.1. The van der Waals surface area contributed by atoms with Crippen molar-refractivity contribution >= 4 is 94.4 Å². The fourth-order valence-corrected chi connectivity index (χ4v) is 9.33. The summed E-state index contributed by atoms with van der Waals surface area (Å²) in [6.45, 7) is 1.81. The average molecular weight is 1010 g/mol. The minimum Gasteiger partial charge on any atom is -0.399 e. The second-order valence-corrected chi connectivity index (χ2v) is 18.8. The van der Waals surface area contributed by atoms with E-state index in [4.69, 9.17) is 5.73 Å². The number of aromatic nitrogens is 4. The number of benzene rings is 4. The lowest BCUT2D eigenvalue weighted by atomic mass is 10.2. The zero-order chi connectivity index (χ0) is 49.7. The number of halogens is 4. The number of nitrogens with two attached hydrogens (primary N) is 1. The monoisotopic (exact) mass is 1010 g/mol. The third-order valence-electron chi connectivity index (χ3n) is 9.80. The van der Waals surface area contributed by atoms with Crippen LogP contribution < -0.4 is 40.6 Å². The number of thiazole rings is 2. The number of ether oxygens (including phenoxy) is 4. The molecule has 358 valence electrons. The van der Waals surface area contributed by atoms with Gasteiger partial charge in [-0.25, -0.2) is 15.0 Å². The number of fused-ring (bicyclic) bond motifs is 4. The Hall–Kier alpha value is -7.67. The third kappa shape index (κ3) is 11.4. The highest BCUT2D eigenvalue weighted by molar-refractivity contribution is 8.00. The van der Waals surface area contributed by atoms with Crippen LogP contribution in [-0.2, 0) is 13.1 Å². The van der Waals surface area contributed by atoms with Gasteiger partial charge in [0, 0.05) is 36.9 Å². The van der Waals surface area contributed by atoms with Gasteiger partial charge in [-0.3, -0.25) is 0 Å². The first-order chi connectivity index (χ1) is 33.5. The summed E-state index contributed by atoms with van der Waals surface area (Å²) in [6.07, 6.45) is -2.81. The van der Waals surface area contributed by atoms with E-state index in [1.807, 2.05) is 62.8 Å². The Morgan fingerprint density at radius 3 is 1.59 bits per heavy atom. The van der Waals surface area contributed by atoms with Crippen LogP contribution in [0.2, 0.25) is 0 Å². The highest BCUT2D eigenvalue weighted by Gasteiger charge is 2.45. The predicted molar refractivity (Wildman–Crippen MR) is 263 cm³/mol. The average Bonchev–Trinajstić information content (AvgIpc) is 4.10. The molecule has 4 aromatic heterocycles. The predicted octanol–water partition coefficient (Wildman–Crippen LogP) is 11.1. The van der Waals surface area contributed by atoms with Crippen molar-refractivity contribution in [3.8, 4) is 35.1 Å². The van der Waals surface area contributed by atoms with Crippen molar-refractivity contribution in [3.63, 3.8) is 0 Å². The largest absolute Gasteiger partial charge is 0.586 e. The molecular weight excluding hydrogens is 969 g/mol. The Bertz CT molecular complexity index is 3270. The van der Waals surface area contributed by atoms with E-state index in [0.29, 0.717) is 37.2 Å². The maximum atomic E-state index is 13.6. The first-order valence-electron chi connectivity index (χ1n) is 20.7. The Morgan fingerprint density at radius 1 is 0.643 bits per heavy atom. The van der Waals surface area contributed by atoms with Crippen molar-refractivity contribution in [2.45, 2.75) is 30.0 Å². The molecule has 6 heterocycles. The Labute approximate surface area is 410 Å². The lowest BCUT2D eigenvalue weighted by molar-refractivity contribution is -0.287. The fourth-order valence-electron chi connectivity index (χ4n) is 6.86. The number of nitrogens with zero attached hydrogens (tertiary/aromatic N) is 8. The van der Waals surface area contributed by atoms with Gasteiger partial charge in [0.25, 0.3) is 0 Å². The molecule has 16 nitrogen and oxygen atoms in total. The van der Waals surface area contributed by atoms with E-state index in [2.05, 4.69) is 96.9 Å². The van der Waals surface area contributed by atoms with Gasteiger partial charge in [-0.15, -0.1) is 28.9 Å². The van der Waals surface area contributed by atoms with E-state index in [1.54, 1.807) is 24.3 Å². The lowest BCUT2D eigenvalue weighted by Crippen LogP contribution is -2.26. The van der Waals surface area contributed by atoms with Crippen molar-refractivity contribution in [3.05, 3.63) is 120 Å².